The summed E-state index contributed by atoms with van der Waals surface area (Å²) in [7, 11) is 0. The van der Waals surface area contributed by atoms with Gasteiger partial charge in [-0.25, -0.2) is 14.8 Å². The number of H-pyrrole nitrogens is 2. The van der Waals surface area contributed by atoms with E-state index in [0.29, 0.717) is 28.3 Å². The zero-order chi connectivity index (χ0) is 22.1. The molecule has 0 bridgehead atoms. The van der Waals surface area contributed by atoms with Crippen LogP contribution < -0.4 is 37.1 Å². The number of amidine groups is 2. The molecule has 4 aliphatic heterocycles. The Hall–Kier alpha value is -4.26. The standard InChI is InChI=1S/C19H13N7O5S/c20-13-11-12(21-19(32)26-17(11)28)9-8(5-1-2-6-7(3-5)31-4-30-6)10-15(23-14(9)22-13)24-18(29)25-16(10)27/h1-3,8,11H,4H2,(H2,21,26,28,32)(H4,20,22,23,24,25,27,29). The number of nitrogens with zero attached hydrogens (tertiary/aromatic N) is 2. The number of benzene rings is 1. The lowest BCUT2D eigenvalue weighted by Gasteiger charge is -2.36. The molecular weight excluding hydrogens is 438 g/mol. The van der Waals surface area contributed by atoms with Crippen molar-refractivity contribution in [3.63, 3.8) is 0 Å². The molecule has 0 aliphatic carbocycles. The van der Waals surface area contributed by atoms with Crippen LogP contribution in [0.4, 0.5) is 5.82 Å². The van der Waals surface area contributed by atoms with Crippen LogP contribution in [0, 0.1) is 5.92 Å². The molecule has 1 aromatic heterocycles. The summed E-state index contributed by atoms with van der Waals surface area (Å²) in [6, 6.07) is 5.22. The maximum absolute atomic E-state index is 12.9. The predicted octanol–water partition coefficient (Wildman–Crippen LogP) is -0.787. The van der Waals surface area contributed by atoms with Gasteiger partial charge in [-0.3, -0.25) is 19.6 Å². The van der Waals surface area contributed by atoms with Crippen LogP contribution in [0.2, 0.25) is 0 Å². The third kappa shape index (κ3) is 2.54. The Morgan fingerprint density at radius 3 is 2.69 bits per heavy atom. The summed E-state index contributed by atoms with van der Waals surface area (Å²) < 4.78 is 10.9. The second-order valence-corrected chi connectivity index (χ2v) is 7.80. The molecule has 5 heterocycles. The molecule has 6 N–H and O–H groups in total. The highest BCUT2D eigenvalue weighted by atomic mass is 32.1. The van der Waals surface area contributed by atoms with Gasteiger partial charge in [0.25, 0.3) is 5.56 Å². The lowest BCUT2D eigenvalue weighted by atomic mass is 9.78. The van der Waals surface area contributed by atoms with Gasteiger partial charge in [-0.05, 0) is 29.9 Å². The Balaban J connectivity index is 1.68. The number of hydrogen-bond acceptors (Lipinski definition) is 9. The lowest BCUT2D eigenvalue weighted by molar-refractivity contribution is -0.121. The summed E-state index contributed by atoms with van der Waals surface area (Å²) in [4.78, 5) is 51.0. The van der Waals surface area contributed by atoms with Gasteiger partial charge >= 0.3 is 5.69 Å². The molecular formula is C19H13N7O5S. The van der Waals surface area contributed by atoms with Crippen molar-refractivity contribution in [3.05, 3.63) is 61.4 Å². The monoisotopic (exact) mass is 451 g/mol. The average molecular weight is 451 g/mol. The molecule has 160 valence electrons. The summed E-state index contributed by atoms with van der Waals surface area (Å²) in [6.45, 7) is 0.0769. The average Bonchev–Trinajstić information content (AvgIpc) is 3.19. The normalized spacial score (nSPS) is 22.8. The van der Waals surface area contributed by atoms with Crippen LogP contribution in [-0.2, 0) is 4.79 Å². The Labute approximate surface area is 183 Å². The molecule has 32 heavy (non-hydrogen) atoms. The van der Waals surface area contributed by atoms with Gasteiger partial charge in [-0.2, -0.15) is 0 Å². The van der Waals surface area contributed by atoms with Gasteiger partial charge < -0.3 is 25.8 Å². The highest BCUT2D eigenvalue weighted by Crippen LogP contribution is 2.45. The Bertz CT molecular complexity index is 1470. The van der Waals surface area contributed by atoms with Crippen molar-refractivity contribution in [2.75, 3.05) is 6.79 Å². The number of ether oxygens (including phenoxy) is 2. The van der Waals surface area contributed by atoms with E-state index in [0.717, 1.165) is 0 Å². The van der Waals surface area contributed by atoms with E-state index >= 15 is 0 Å². The van der Waals surface area contributed by atoms with Crippen LogP contribution in [0.5, 0.6) is 11.5 Å². The second kappa shape index (κ2) is 6.37. The van der Waals surface area contributed by atoms with E-state index < -0.39 is 29.0 Å². The van der Waals surface area contributed by atoms with E-state index in [2.05, 4.69) is 30.6 Å². The van der Waals surface area contributed by atoms with Crippen molar-refractivity contribution in [1.29, 1.82) is 0 Å². The van der Waals surface area contributed by atoms with Gasteiger partial charge in [0.2, 0.25) is 12.7 Å². The summed E-state index contributed by atoms with van der Waals surface area (Å²) in [5.41, 5.74) is 6.40. The smallest absolute Gasteiger partial charge is 0.327 e. The first kappa shape index (κ1) is 18.5. The van der Waals surface area contributed by atoms with Crippen LogP contribution in [0.1, 0.15) is 17.0 Å². The quantitative estimate of drug-likeness (QED) is 0.351. The molecule has 1 fully saturated rings. The van der Waals surface area contributed by atoms with Crippen LogP contribution in [0.3, 0.4) is 0 Å². The van der Waals surface area contributed by atoms with E-state index in [1.165, 1.54) is 0 Å². The molecule has 6 rings (SSSR count). The number of hydrogen-bond donors (Lipinski definition) is 5. The zero-order valence-electron chi connectivity index (χ0n) is 16.0. The Kier molecular flexibility index (Phi) is 3.68. The van der Waals surface area contributed by atoms with Gasteiger partial charge in [0.05, 0.1) is 5.56 Å². The summed E-state index contributed by atoms with van der Waals surface area (Å²) in [5.74, 6) is -0.851. The van der Waals surface area contributed by atoms with Gasteiger partial charge in [0.1, 0.15) is 17.6 Å². The van der Waals surface area contributed by atoms with Crippen molar-refractivity contribution >= 4 is 40.7 Å². The number of nitrogens with two attached hydrogens (primary N) is 1. The van der Waals surface area contributed by atoms with Crippen molar-refractivity contribution < 1.29 is 14.3 Å². The third-order valence-electron chi connectivity index (χ3n) is 5.58. The van der Waals surface area contributed by atoms with Gasteiger partial charge in [-0.1, -0.05) is 6.07 Å². The zero-order valence-corrected chi connectivity index (χ0v) is 16.8. The minimum absolute atomic E-state index is 0.00933. The first-order valence-electron chi connectivity index (χ1n) is 9.46. The number of aromatic nitrogens is 2. The molecule has 1 saturated heterocycles. The Morgan fingerprint density at radius 1 is 1.03 bits per heavy atom. The highest BCUT2D eigenvalue weighted by molar-refractivity contribution is 7.80. The first-order valence-corrected chi connectivity index (χ1v) is 9.86. The van der Waals surface area contributed by atoms with Crippen molar-refractivity contribution in [3.8, 4) is 11.5 Å². The fourth-order valence-electron chi connectivity index (χ4n) is 4.30. The second-order valence-electron chi connectivity index (χ2n) is 7.39. The number of rotatable bonds is 1. The molecule has 0 radical (unpaired) electrons. The fraction of sp³-hybridized carbons (Fsp3) is 0.158. The van der Waals surface area contributed by atoms with Crippen molar-refractivity contribution in [1.82, 2.24) is 20.6 Å². The van der Waals surface area contributed by atoms with E-state index in [9.17, 15) is 14.4 Å². The minimum atomic E-state index is -0.935. The SMILES string of the molecule is NC1=NC2=Nc3[nH]c(=O)[nH]c(=O)c3C(c3ccc4c(c3)OCO4)C2=C2NC(=S)NC(=O)C12. The number of aromatic amines is 2. The molecule has 2 aromatic rings. The summed E-state index contributed by atoms with van der Waals surface area (Å²) in [5, 5.41) is 5.61. The molecule has 1 aromatic carbocycles. The number of carbonyl (C=O) groups is 1. The third-order valence-corrected chi connectivity index (χ3v) is 5.79. The summed E-state index contributed by atoms with van der Waals surface area (Å²) in [6.07, 6.45) is 0. The predicted molar refractivity (Wildman–Crippen MR) is 115 cm³/mol. The van der Waals surface area contributed by atoms with Crippen LogP contribution in [0.15, 0.2) is 49.0 Å². The van der Waals surface area contributed by atoms with Crippen molar-refractivity contribution in [2.45, 2.75) is 5.92 Å². The number of nitrogens with one attached hydrogen (secondary N) is 4. The fourth-order valence-corrected chi connectivity index (χ4v) is 4.51. The van der Waals surface area contributed by atoms with Crippen molar-refractivity contribution in [2.24, 2.45) is 21.6 Å². The number of carbonyl (C=O) groups excluding carboxylic acids is 1. The maximum atomic E-state index is 12.9. The van der Waals surface area contributed by atoms with E-state index in [-0.39, 0.29) is 35.0 Å². The van der Waals surface area contributed by atoms with Gasteiger partial charge in [0, 0.05) is 17.2 Å². The molecule has 0 spiro atoms. The maximum Gasteiger partial charge on any atom is 0.327 e. The van der Waals surface area contributed by atoms with Crippen LogP contribution in [-0.4, -0.2) is 39.5 Å². The van der Waals surface area contributed by atoms with Gasteiger partial charge in [0.15, 0.2) is 22.4 Å². The van der Waals surface area contributed by atoms with E-state index in [1.807, 2.05) is 0 Å². The van der Waals surface area contributed by atoms with E-state index in [1.54, 1.807) is 18.2 Å². The van der Waals surface area contributed by atoms with Crippen LogP contribution in [0.25, 0.3) is 0 Å². The summed E-state index contributed by atoms with van der Waals surface area (Å²) >= 11 is 5.17. The number of amides is 1. The number of dihydropyridines is 1. The molecule has 4 aliphatic rings. The van der Waals surface area contributed by atoms with Crippen LogP contribution >= 0.6 is 12.2 Å². The number of aliphatic imine (C=N–C) groups is 2. The largest absolute Gasteiger partial charge is 0.454 e. The minimum Gasteiger partial charge on any atom is -0.454 e. The number of thiocarbonyl (C=S) groups is 1. The highest BCUT2D eigenvalue weighted by Gasteiger charge is 2.44. The molecule has 2 unspecified atom stereocenters. The first-order chi connectivity index (χ1) is 15.4. The molecule has 12 nitrogen and oxygen atoms in total. The molecule has 2 atom stereocenters. The molecule has 0 saturated carbocycles. The van der Waals surface area contributed by atoms with Gasteiger partial charge in [-0.15, -0.1) is 0 Å². The Morgan fingerprint density at radius 2 is 1.84 bits per heavy atom. The molecule has 13 heteroatoms. The lowest BCUT2D eigenvalue weighted by Crippen LogP contribution is -2.57. The molecule has 1 amide bonds. The van der Waals surface area contributed by atoms with E-state index in [4.69, 9.17) is 27.4 Å². The number of fused-ring (bicyclic) bond motifs is 4. The topological polar surface area (TPSA) is 176 Å².